The number of methoxy groups -OCH3 is 2. The fourth-order valence-electron chi connectivity index (χ4n) is 4.96. The number of hydrogen-bond acceptors (Lipinski definition) is 5. The van der Waals surface area contributed by atoms with E-state index in [0.29, 0.717) is 41.6 Å². The lowest BCUT2D eigenvalue weighted by Gasteiger charge is -2.33. The standard InChI is InChI=1S/C29H31NO6/c1-35-23-16-25(31)28(26(17-23)36-2)24(21-8-10-22(11-9-21)29(33)34)18-27(32)30-14-12-20(13-15-30)19-6-4-3-5-7-19/h3-11,16-17,20,24,31H,12-15,18H2,1-2H3,(H,33,34). The van der Waals surface area contributed by atoms with Gasteiger partial charge in [-0.3, -0.25) is 4.79 Å². The second kappa shape index (κ2) is 11.2. The summed E-state index contributed by atoms with van der Waals surface area (Å²) < 4.78 is 10.8. The number of nitrogens with zero attached hydrogens (tertiary/aromatic N) is 1. The van der Waals surface area contributed by atoms with Gasteiger partial charge in [-0.1, -0.05) is 42.5 Å². The highest BCUT2D eigenvalue weighted by atomic mass is 16.5. The highest BCUT2D eigenvalue weighted by Gasteiger charge is 2.30. The van der Waals surface area contributed by atoms with Gasteiger partial charge < -0.3 is 24.6 Å². The van der Waals surface area contributed by atoms with Gasteiger partial charge in [-0.2, -0.15) is 0 Å². The third kappa shape index (κ3) is 5.46. The van der Waals surface area contributed by atoms with Gasteiger partial charge in [0.1, 0.15) is 17.2 Å². The average Bonchev–Trinajstić information content (AvgIpc) is 2.92. The van der Waals surface area contributed by atoms with Crippen molar-refractivity contribution in [2.45, 2.75) is 31.1 Å². The smallest absolute Gasteiger partial charge is 0.335 e. The van der Waals surface area contributed by atoms with E-state index >= 15 is 0 Å². The molecular weight excluding hydrogens is 458 g/mol. The Labute approximate surface area is 210 Å². The molecule has 0 radical (unpaired) electrons. The lowest BCUT2D eigenvalue weighted by Crippen LogP contribution is -2.38. The van der Waals surface area contributed by atoms with Crippen LogP contribution in [0.2, 0.25) is 0 Å². The van der Waals surface area contributed by atoms with Crippen LogP contribution in [0.5, 0.6) is 17.2 Å². The summed E-state index contributed by atoms with van der Waals surface area (Å²) >= 11 is 0. The van der Waals surface area contributed by atoms with Gasteiger partial charge in [0.15, 0.2) is 0 Å². The van der Waals surface area contributed by atoms with Gasteiger partial charge in [-0.25, -0.2) is 4.79 Å². The van der Waals surface area contributed by atoms with Crippen molar-refractivity contribution in [2.24, 2.45) is 0 Å². The first-order valence-electron chi connectivity index (χ1n) is 12.0. The molecule has 188 valence electrons. The molecule has 36 heavy (non-hydrogen) atoms. The lowest BCUT2D eigenvalue weighted by atomic mass is 9.85. The molecule has 7 heteroatoms. The van der Waals surface area contributed by atoms with Crippen molar-refractivity contribution in [2.75, 3.05) is 27.3 Å². The van der Waals surface area contributed by atoms with Gasteiger partial charge >= 0.3 is 5.97 Å². The lowest BCUT2D eigenvalue weighted by molar-refractivity contribution is -0.132. The van der Waals surface area contributed by atoms with Gasteiger partial charge in [0.05, 0.1) is 19.8 Å². The molecule has 1 unspecified atom stereocenters. The van der Waals surface area contributed by atoms with E-state index in [0.717, 1.165) is 12.8 Å². The van der Waals surface area contributed by atoms with Crippen molar-refractivity contribution in [3.05, 3.63) is 89.0 Å². The molecule has 1 aliphatic heterocycles. The highest BCUT2D eigenvalue weighted by molar-refractivity contribution is 5.87. The number of carbonyl (C=O) groups excluding carboxylic acids is 1. The number of aromatic hydroxyl groups is 1. The van der Waals surface area contributed by atoms with Gasteiger partial charge in [0.2, 0.25) is 5.91 Å². The molecule has 0 aliphatic carbocycles. The number of amides is 1. The van der Waals surface area contributed by atoms with E-state index in [-0.39, 0.29) is 23.6 Å². The summed E-state index contributed by atoms with van der Waals surface area (Å²) in [6, 6.07) is 19.9. The molecule has 1 heterocycles. The van der Waals surface area contributed by atoms with E-state index in [1.54, 1.807) is 18.2 Å². The highest BCUT2D eigenvalue weighted by Crippen LogP contribution is 2.43. The Hall–Kier alpha value is -4.00. The number of benzene rings is 3. The van der Waals surface area contributed by atoms with Crippen LogP contribution in [-0.2, 0) is 4.79 Å². The van der Waals surface area contributed by atoms with Crippen molar-refractivity contribution in [1.29, 1.82) is 0 Å². The van der Waals surface area contributed by atoms with E-state index in [1.165, 1.54) is 38.0 Å². The number of phenols is 1. The van der Waals surface area contributed by atoms with Crippen molar-refractivity contribution in [1.82, 2.24) is 4.90 Å². The number of carbonyl (C=O) groups is 2. The molecule has 4 rings (SSSR count). The van der Waals surface area contributed by atoms with Crippen molar-refractivity contribution >= 4 is 11.9 Å². The minimum atomic E-state index is -1.03. The number of phenolic OH excluding ortho intramolecular Hbond substituents is 1. The summed E-state index contributed by atoms with van der Waals surface area (Å²) in [6.45, 7) is 1.32. The van der Waals surface area contributed by atoms with Crippen molar-refractivity contribution in [3.63, 3.8) is 0 Å². The second-order valence-corrected chi connectivity index (χ2v) is 9.01. The van der Waals surface area contributed by atoms with Crippen LogP contribution in [0.1, 0.15) is 58.1 Å². The van der Waals surface area contributed by atoms with E-state index < -0.39 is 11.9 Å². The maximum atomic E-state index is 13.5. The van der Waals surface area contributed by atoms with E-state index in [1.807, 2.05) is 23.1 Å². The van der Waals surface area contributed by atoms with E-state index in [9.17, 15) is 19.8 Å². The zero-order valence-electron chi connectivity index (χ0n) is 20.5. The topological polar surface area (TPSA) is 96.3 Å². The molecule has 3 aromatic carbocycles. The van der Waals surface area contributed by atoms with Crippen LogP contribution < -0.4 is 9.47 Å². The third-order valence-corrected chi connectivity index (χ3v) is 6.96. The number of rotatable bonds is 8. The predicted octanol–water partition coefficient (Wildman–Crippen LogP) is 5.04. The van der Waals surface area contributed by atoms with Crippen LogP contribution >= 0.6 is 0 Å². The van der Waals surface area contributed by atoms with Gasteiger partial charge in [-0.15, -0.1) is 0 Å². The maximum Gasteiger partial charge on any atom is 0.335 e. The largest absolute Gasteiger partial charge is 0.507 e. The molecule has 1 saturated heterocycles. The number of carboxylic acids is 1. The van der Waals surface area contributed by atoms with Gasteiger partial charge in [0, 0.05) is 43.1 Å². The van der Waals surface area contributed by atoms with E-state index in [2.05, 4.69) is 12.1 Å². The summed E-state index contributed by atoms with van der Waals surface area (Å²) in [7, 11) is 3.00. The number of piperidine rings is 1. The fourth-order valence-corrected chi connectivity index (χ4v) is 4.96. The summed E-state index contributed by atoms with van der Waals surface area (Å²) in [5, 5.41) is 20.2. The van der Waals surface area contributed by atoms with Crippen LogP contribution in [0.15, 0.2) is 66.7 Å². The normalized spacial score (nSPS) is 14.8. The number of aromatic carboxylic acids is 1. The molecule has 7 nitrogen and oxygen atoms in total. The first-order valence-corrected chi connectivity index (χ1v) is 12.0. The van der Waals surface area contributed by atoms with E-state index in [4.69, 9.17) is 9.47 Å². The summed E-state index contributed by atoms with van der Waals surface area (Å²) in [4.78, 5) is 26.7. The molecule has 0 spiro atoms. The van der Waals surface area contributed by atoms with Crippen LogP contribution in [0, 0.1) is 0 Å². The summed E-state index contributed by atoms with van der Waals surface area (Å²) in [6.07, 6.45) is 1.90. The number of hydrogen-bond donors (Lipinski definition) is 2. The number of likely N-dealkylation sites (tertiary alicyclic amines) is 1. The fraction of sp³-hybridized carbons (Fsp3) is 0.310. The second-order valence-electron chi connectivity index (χ2n) is 9.01. The molecule has 1 atom stereocenters. The zero-order valence-corrected chi connectivity index (χ0v) is 20.5. The Morgan fingerprint density at radius 3 is 2.22 bits per heavy atom. The molecule has 3 aromatic rings. The quantitative estimate of drug-likeness (QED) is 0.460. The molecule has 2 N–H and O–H groups in total. The molecule has 1 fully saturated rings. The first-order chi connectivity index (χ1) is 17.4. The van der Waals surface area contributed by atoms with Gasteiger partial charge in [0.25, 0.3) is 0 Å². The monoisotopic (exact) mass is 489 g/mol. The molecule has 0 bridgehead atoms. The van der Waals surface area contributed by atoms with Gasteiger partial charge in [-0.05, 0) is 42.0 Å². The molecule has 0 aromatic heterocycles. The van der Waals surface area contributed by atoms with Crippen LogP contribution in [0.3, 0.4) is 0 Å². The molecule has 1 amide bonds. The Morgan fingerprint density at radius 2 is 1.64 bits per heavy atom. The van der Waals surface area contributed by atoms with Crippen molar-refractivity contribution in [3.8, 4) is 17.2 Å². The first kappa shape index (κ1) is 25.1. The zero-order chi connectivity index (χ0) is 25.7. The van der Waals surface area contributed by atoms with Crippen LogP contribution in [0.4, 0.5) is 0 Å². The van der Waals surface area contributed by atoms with Crippen molar-refractivity contribution < 1.29 is 29.3 Å². The Morgan fingerprint density at radius 1 is 0.972 bits per heavy atom. The van der Waals surface area contributed by atoms with Crippen LogP contribution in [0.25, 0.3) is 0 Å². The predicted molar refractivity (Wildman–Crippen MR) is 136 cm³/mol. The summed E-state index contributed by atoms with van der Waals surface area (Å²) in [5.41, 5.74) is 2.63. The Bertz CT molecular complexity index is 1200. The molecule has 1 aliphatic rings. The Kier molecular flexibility index (Phi) is 7.78. The average molecular weight is 490 g/mol. The Balaban J connectivity index is 1.60. The SMILES string of the molecule is COc1cc(O)c(C(CC(=O)N2CCC(c3ccccc3)CC2)c2ccc(C(=O)O)cc2)c(OC)c1. The number of ether oxygens (including phenoxy) is 2. The minimum absolute atomic E-state index is 0.0221. The summed E-state index contributed by atoms with van der Waals surface area (Å²) in [5.74, 6) is -0.369. The third-order valence-electron chi connectivity index (χ3n) is 6.96. The molecular formula is C29H31NO6. The maximum absolute atomic E-state index is 13.5. The molecule has 0 saturated carbocycles. The van der Waals surface area contributed by atoms with Crippen LogP contribution in [-0.4, -0.2) is 54.3 Å². The number of carboxylic acid groups (broad SMARTS) is 1. The minimum Gasteiger partial charge on any atom is -0.507 e.